The lowest BCUT2D eigenvalue weighted by molar-refractivity contribution is -0.141. The van der Waals surface area contributed by atoms with Gasteiger partial charge < -0.3 is 9.47 Å². The molecule has 0 aromatic heterocycles. The molecule has 0 unspecified atom stereocenters. The van der Waals surface area contributed by atoms with Crippen LogP contribution in [0.2, 0.25) is 0 Å². The number of carbonyl (C=O) groups excluding carboxylic acids is 1. The summed E-state index contributed by atoms with van der Waals surface area (Å²) in [6.45, 7) is 8.85. The third-order valence-electron chi connectivity index (χ3n) is 4.36. The predicted octanol–water partition coefficient (Wildman–Crippen LogP) is 5.66. The summed E-state index contributed by atoms with van der Waals surface area (Å²) in [5.74, 6) is 0.783. The van der Waals surface area contributed by atoms with Crippen LogP contribution in [-0.2, 0) is 28.8 Å². The smallest absolute Gasteiger partial charge is 0.302 e. The van der Waals surface area contributed by atoms with Gasteiger partial charge >= 0.3 is 5.97 Å². The molecule has 0 saturated carbocycles. The van der Waals surface area contributed by atoms with Crippen LogP contribution in [0.4, 0.5) is 0 Å². The van der Waals surface area contributed by atoms with Gasteiger partial charge in [-0.3, -0.25) is 4.79 Å². The van der Waals surface area contributed by atoms with Crippen LogP contribution in [0.3, 0.4) is 0 Å². The number of ether oxygens (including phenoxy) is 2. The fourth-order valence-electron chi connectivity index (χ4n) is 2.97. The van der Waals surface area contributed by atoms with E-state index in [4.69, 9.17) is 9.47 Å². The molecule has 0 aliphatic carbocycles. The van der Waals surface area contributed by atoms with Gasteiger partial charge in [0.2, 0.25) is 0 Å². The molecule has 25 heavy (non-hydrogen) atoms. The van der Waals surface area contributed by atoms with Crippen LogP contribution < -0.4 is 4.74 Å². The van der Waals surface area contributed by atoms with Gasteiger partial charge in [-0.15, -0.1) is 0 Å². The van der Waals surface area contributed by atoms with Gasteiger partial charge in [0.1, 0.15) is 19.0 Å². The first-order valence-electron chi connectivity index (χ1n) is 10.0. The summed E-state index contributed by atoms with van der Waals surface area (Å²) < 4.78 is 11.1. The highest BCUT2D eigenvalue weighted by Crippen LogP contribution is 2.30. The summed E-state index contributed by atoms with van der Waals surface area (Å²) in [6.07, 6.45) is 10.4. The molecule has 0 atom stereocenters. The zero-order chi connectivity index (χ0) is 18.5. The van der Waals surface area contributed by atoms with E-state index in [1.165, 1.54) is 62.1 Å². The lowest BCUT2D eigenvalue weighted by Crippen LogP contribution is -2.12. The maximum Gasteiger partial charge on any atom is 0.302 e. The van der Waals surface area contributed by atoms with Gasteiger partial charge in [0.15, 0.2) is 0 Å². The van der Waals surface area contributed by atoms with Crippen molar-refractivity contribution in [3.05, 3.63) is 28.8 Å². The molecular formula is C22H36O3. The highest BCUT2D eigenvalue weighted by atomic mass is 16.6. The molecule has 0 radical (unpaired) electrons. The van der Waals surface area contributed by atoms with E-state index in [0.717, 1.165) is 25.0 Å². The van der Waals surface area contributed by atoms with Crippen molar-refractivity contribution in [1.82, 2.24) is 0 Å². The Morgan fingerprint density at radius 3 is 1.84 bits per heavy atom. The second-order valence-electron chi connectivity index (χ2n) is 6.74. The molecule has 0 N–H and O–H groups in total. The van der Waals surface area contributed by atoms with E-state index >= 15 is 0 Å². The Hall–Kier alpha value is -1.51. The third-order valence-corrected chi connectivity index (χ3v) is 4.36. The molecule has 0 aliphatic heterocycles. The van der Waals surface area contributed by atoms with Gasteiger partial charge in [-0.1, -0.05) is 52.2 Å². The average Bonchev–Trinajstić information content (AvgIpc) is 2.60. The molecule has 3 nitrogen and oxygen atoms in total. The van der Waals surface area contributed by atoms with E-state index < -0.39 is 0 Å². The second-order valence-corrected chi connectivity index (χ2v) is 6.74. The maximum absolute atomic E-state index is 10.9. The summed E-state index contributed by atoms with van der Waals surface area (Å²) in [7, 11) is 0. The Morgan fingerprint density at radius 1 is 0.840 bits per heavy atom. The normalized spacial score (nSPS) is 10.7. The summed E-state index contributed by atoms with van der Waals surface area (Å²) in [4.78, 5) is 10.9. The Labute approximate surface area is 154 Å². The largest absolute Gasteiger partial charge is 0.489 e. The first-order valence-corrected chi connectivity index (χ1v) is 10.0. The van der Waals surface area contributed by atoms with Crippen LogP contribution in [0.15, 0.2) is 12.1 Å². The van der Waals surface area contributed by atoms with Crippen molar-refractivity contribution < 1.29 is 14.3 Å². The third kappa shape index (κ3) is 8.42. The molecule has 1 aromatic rings. The van der Waals surface area contributed by atoms with Crippen LogP contribution >= 0.6 is 0 Å². The zero-order valence-electron chi connectivity index (χ0n) is 16.7. The minimum atomic E-state index is -0.254. The van der Waals surface area contributed by atoms with Gasteiger partial charge in [-0.2, -0.15) is 0 Å². The van der Waals surface area contributed by atoms with Crippen molar-refractivity contribution in [2.24, 2.45) is 0 Å². The molecule has 0 bridgehead atoms. The van der Waals surface area contributed by atoms with E-state index in [0.29, 0.717) is 13.2 Å². The lowest BCUT2D eigenvalue weighted by Gasteiger charge is -2.18. The van der Waals surface area contributed by atoms with E-state index in [1.54, 1.807) is 0 Å². The summed E-state index contributed by atoms with van der Waals surface area (Å²) in [5.41, 5.74) is 4.08. The van der Waals surface area contributed by atoms with Crippen LogP contribution in [0.1, 0.15) is 82.9 Å². The number of aryl methyl sites for hydroxylation is 3. The summed E-state index contributed by atoms with van der Waals surface area (Å²) in [6, 6.07) is 4.67. The molecule has 0 amide bonds. The average molecular weight is 349 g/mol. The number of unbranched alkanes of at least 4 members (excludes halogenated alkanes) is 3. The molecule has 0 aliphatic rings. The SMILES string of the molecule is CCCCc1cc(CCCC)c(OCCOC(C)=O)c(CCCC)c1. The fourth-order valence-corrected chi connectivity index (χ4v) is 2.97. The molecule has 1 aromatic carbocycles. The van der Waals surface area contributed by atoms with Crippen molar-refractivity contribution in [2.75, 3.05) is 13.2 Å². The minimum Gasteiger partial charge on any atom is -0.489 e. The van der Waals surface area contributed by atoms with Crippen molar-refractivity contribution >= 4 is 5.97 Å². The number of benzene rings is 1. The Bertz CT molecular complexity index is 479. The van der Waals surface area contributed by atoms with Crippen molar-refractivity contribution in [3.8, 4) is 5.75 Å². The van der Waals surface area contributed by atoms with Gasteiger partial charge in [-0.05, 0) is 55.2 Å². The zero-order valence-corrected chi connectivity index (χ0v) is 16.7. The number of hydrogen-bond acceptors (Lipinski definition) is 3. The van der Waals surface area contributed by atoms with Gasteiger partial charge in [0.25, 0.3) is 0 Å². The molecule has 0 heterocycles. The lowest BCUT2D eigenvalue weighted by atomic mass is 9.95. The molecule has 0 fully saturated rings. The summed E-state index contributed by atoms with van der Waals surface area (Å²) >= 11 is 0. The standard InChI is InChI=1S/C22H36O3/c1-5-8-11-19-16-20(12-9-6-2)22(21(17-19)13-10-7-3)25-15-14-24-18(4)23/h16-17H,5-15H2,1-4H3. The van der Waals surface area contributed by atoms with E-state index in [1.807, 2.05) is 0 Å². The van der Waals surface area contributed by atoms with Gasteiger partial charge in [-0.25, -0.2) is 0 Å². The first kappa shape index (κ1) is 21.5. The van der Waals surface area contributed by atoms with Crippen LogP contribution in [-0.4, -0.2) is 19.2 Å². The Kier molecular flexibility index (Phi) is 11.0. The maximum atomic E-state index is 10.9. The highest BCUT2D eigenvalue weighted by Gasteiger charge is 2.13. The van der Waals surface area contributed by atoms with Gasteiger partial charge in [0, 0.05) is 6.92 Å². The van der Waals surface area contributed by atoms with Crippen molar-refractivity contribution in [2.45, 2.75) is 85.5 Å². The molecule has 0 saturated heterocycles. The van der Waals surface area contributed by atoms with E-state index in [2.05, 4.69) is 32.9 Å². The van der Waals surface area contributed by atoms with Crippen LogP contribution in [0.5, 0.6) is 5.75 Å². The summed E-state index contributed by atoms with van der Waals surface area (Å²) in [5, 5.41) is 0. The molecular weight excluding hydrogens is 312 g/mol. The van der Waals surface area contributed by atoms with Crippen molar-refractivity contribution in [1.29, 1.82) is 0 Å². The predicted molar refractivity (Wildman–Crippen MR) is 104 cm³/mol. The van der Waals surface area contributed by atoms with E-state index in [9.17, 15) is 4.79 Å². The topological polar surface area (TPSA) is 35.5 Å². The van der Waals surface area contributed by atoms with E-state index in [-0.39, 0.29) is 5.97 Å². The van der Waals surface area contributed by atoms with Crippen molar-refractivity contribution in [3.63, 3.8) is 0 Å². The molecule has 3 heteroatoms. The number of rotatable bonds is 13. The van der Waals surface area contributed by atoms with Gasteiger partial charge in [0.05, 0.1) is 0 Å². The fraction of sp³-hybridized carbons (Fsp3) is 0.682. The Morgan fingerprint density at radius 2 is 1.36 bits per heavy atom. The highest BCUT2D eigenvalue weighted by molar-refractivity contribution is 5.65. The molecule has 1 rings (SSSR count). The van der Waals surface area contributed by atoms with Crippen LogP contribution in [0.25, 0.3) is 0 Å². The minimum absolute atomic E-state index is 0.254. The molecule has 142 valence electrons. The second kappa shape index (κ2) is 12.8. The quantitative estimate of drug-likeness (QED) is 0.341. The van der Waals surface area contributed by atoms with Crippen LogP contribution in [0, 0.1) is 0 Å². The molecule has 0 spiro atoms. The monoisotopic (exact) mass is 348 g/mol. The number of carbonyl (C=O) groups is 1. The number of esters is 1. The Balaban J connectivity index is 3.00. The number of hydrogen-bond donors (Lipinski definition) is 0. The first-order chi connectivity index (χ1) is 12.1.